The minimum atomic E-state index is -1.01. The summed E-state index contributed by atoms with van der Waals surface area (Å²) < 4.78 is 0. The van der Waals surface area contributed by atoms with E-state index in [2.05, 4.69) is 4.99 Å². The molecule has 2 unspecified atom stereocenters. The van der Waals surface area contributed by atoms with E-state index in [-0.39, 0.29) is 17.5 Å². The zero-order chi connectivity index (χ0) is 10.2. The molecule has 1 aliphatic heterocycles. The van der Waals surface area contributed by atoms with Gasteiger partial charge >= 0.3 is 0 Å². The van der Waals surface area contributed by atoms with Crippen LogP contribution in [0.5, 0.6) is 0 Å². The van der Waals surface area contributed by atoms with Crippen LogP contribution in [0.15, 0.2) is 4.99 Å². The van der Waals surface area contributed by atoms with E-state index < -0.39 is 17.9 Å². The highest BCUT2D eigenvalue weighted by Gasteiger charge is 2.40. The number of carbonyl (C=O) groups excluding carboxylic acids is 2. The fourth-order valence-corrected chi connectivity index (χ4v) is 1.38. The summed E-state index contributed by atoms with van der Waals surface area (Å²) in [5.41, 5.74) is 10.4. The summed E-state index contributed by atoms with van der Waals surface area (Å²) in [4.78, 5) is 26.3. The topological polar surface area (TPSA) is 98.5 Å². The summed E-state index contributed by atoms with van der Waals surface area (Å²) in [6.07, 6.45) is 0. The Morgan fingerprint density at radius 2 is 2.08 bits per heavy atom. The van der Waals surface area contributed by atoms with Gasteiger partial charge in [-0.15, -0.1) is 0 Å². The average Bonchev–Trinajstić information content (AvgIpc) is 2.26. The van der Waals surface area contributed by atoms with E-state index in [9.17, 15) is 9.59 Å². The van der Waals surface area contributed by atoms with E-state index in [0.717, 1.165) is 0 Å². The van der Waals surface area contributed by atoms with Crippen molar-refractivity contribution >= 4 is 17.5 Å². The Balaban J connectivity index is 2.92. The second-order valence-corrected chi connectivity index (χ2v) is 3.48. The molecule has 1 amide bonds. The van der Waals surface area contributed by atoms with Crippen LogP contribution in [-0.2, 0) is 9.59 Å². The molecule has 1 aliphatic rings. The molecular formula is C8H13N3O2. The smallest absolute Gasteiger partial charge is 0.235 e. The van der Waals surface area contributed by atoms with Crippen LogP contribution in [0, 0.1) is 11.8 Å². The molecule has 4 N–H and O–H groups in total. The Labute approximate surface area is 76.2 Å². The molecule has 0 saturated heterocycles. The number of aliphatic imine (C=N–C) groups is 1. The summed E-state index contributed by atoms with van der Waals surface area (Å²) in [5.74, 6) is -1.90. The third-order valence-corrected chi connectivity index (χ3v) is 2.08. The molecule has 0 aliphatic carbocycles. The Morgan fingerprint density at radius 3 is 2.31 bits per heavy atom. The summed E-state index contributed by atoms with van der Waals surface area (Å²) in [6, 6.07) is -0.502. The van der Waals surface area contributed by atoms with Crippen LogP contribution < -0.4 is 11.5 Å². The van der Waals surface area contributed by atoms with Crippen molar-refractivity contribution in [3.05, 3.63) is 0 Å². The highest BCUT2D eigenvalue weighted by atomic mass is 16.2. The van der Waals surface area contributed by atoms with Crippen LogP contribution in [0.1, 0.15) is 13.8 Å². The highest BCUT2D eigenvalue weighted by molar-refractivity contribution is 6.23. The number of nitrogens with two attached hydrogens (primary N) is 2. The Bertz CT molecular complexity index is 283. The maximum Gasteiger partial charge on any atom is 0.235 e. The maximum absolute atomic E-state index is 11.5. The zero-order valence-electron chi connectivity index (χ0n) is 7.65. The van der Waals surface area contributed by atoms with Crippen molar-refractivity contribution in [1.82, 2.24) is 0 Å². The second kappa shape index (κ2) is 3.16. The molecule has 0 radical (unpaired) electrons. The lowest BCUT2D eigenvalue weighted by Crippen LogP contribution is -2.39. The van der Waals surface area contributed by atoms with E-state index in [1.807, 2.05) is 13.8 Å². The van der Waals surface area contributed by atoms with Gasteiger partial charge in [-0.3, -0.25) is 14.6 Å². The highest BCUT2D eigenvalue weighted by Crippen LogP contribution is 2.20. The van der Waals surface area contributed by atoms with Gasteiger partial charge in [0.1, 0.15) is 11.9 Å². The normalized spacial score (nSPS) is 27.9. The first-order valence-corrected chi connectivity index (χ1v) is 4.11. The number of carbonyl (C=O) groups is 2. The van der Waals surface area contributed by atoms with E-state index in [1.54, 1.807) is 0 Å². The van der Waals surface area contributed by atoms with E-state index in [1.165, 1.54) is 0 Å². The third-order valence-electron chi connectivity index (χ3n) is 2.08. The number of amidine groups is 1. The Kier molecular flexibility index (Phi) is 2.36. The third kappa shape index (κ3) is 1.54. The number of primary amides is 1. The monoisotopic (exact) mass is 183 g/mol. The van der Waals surface area contributed by atoms with Crippen molar-refractivity contribution in [1.29, 1.82) is 0 Å². The van der Waals surface area contributed by atoms with Gasteiger partial charge in [-0.1, -0.05) is 13.8 Å². The first kappa shape index (κ1) is 9.70. The van der Waals surface area contributed by atoms with Crippen molar-refractivity contribution in [2.24, 2.45) is 28.3 Å². The van der Waals surface area contributed by atoms with Gasteiger partial charge in [0.15, 0.2) is 11.7 Å². The molecule has 0 aromatic carbocycles. The Morgan fingerprint density at radius 1 is 1.54 bits per heavy atom. The van der Waals surface area contributed by atoms with Gasteiger partial charge in [0.2, 0.25) is 5.91 Å². The lowest BCUT2D eigenvalue weighted by Gasteiger charge is -2.09. The summed E-state index contributed by atoms with van der Waals surface area (Å²) in [7, 11) is 0. The Hall–Kier alpha value is -1.39. The van der Waals surface area contributed by atoms with Crippen molar-refractivity contribution < 1.29 is 9.59 Å². The van der Waals surface area contributed by atoms with Crippen LogP contribution in [-0.4, -0.2) is 23.6 Å². The van der Waals surface area contributed by atoms with Crippen molar-refractivity contribution in [3.63, 3.8) is 0 Å². The molecule has 13 heavy (non-hydrogen) atoms. The van der Waals surface area contributed by atoms with Crippen molar-refractivity contribution in [3.8, 4) is 0 Å². The van der Waals surface area contributed by atoms with Crippen LogP contribution in [0.3, 0.4) is 0 Å². The summed E-state index contributed by atoms with van der Waals surface area (Å²) in [5, 5.41) is 0. The molecule has 1 heterocycles. The molecule has 0 fully saturated rings. The molecule has 1 rings (SSSR count). The molecule has 0 aromatic heterocycles. The van der Waals surface area contributed by atoms with Gasteiger partial charge in [-0.2, -0.15) is 0 Å². The number of amides is 1. The number of hydrogen-bond donors (Lipinski definition) is 2. The first-order chi connectivity index (χ1) is 5.95. The van der Waals surface area contributed by atoms with Gasteiger partial charge in [-0.05, 0) is 5.92 Å². The molecule has 72 valence electrons. The predicted octanol–water partition coefficient (Wildman–Crippen LogP) is -0.948. The second-order valence-electron chi connectivity index (χ2n) is 3.48. The van der Waals surface area contributed by atoms with Gasteiger partial charge in [0.25, 0.3) is 0 Å². The first-order valence-electron chi connectivity index (χ1n) is 4.11. The van der Waals surface area contributed by atoms with E-state index in [0.29, 0.717) is 0 Å². The van der Waals surface area contributed by atoms with Crippen LogP contribution in [0.2, 0.25) is 0 Å². The maximum atomic E-state index is 11.5. The van der Waals surface area contributed by atoms with Crippen LogP contribution >= 0.6 is 0 Å². The predicted molar refractivity (Wildman–Crippen MR) is 47.9 cm³/mol. The van der Waals surface area contributed by atoms with Gasteiger partial charge in [-0.25, -0.2) is 0 Å². The average molecular weight is 183 g/mol. The lowest BCUT2D eigenvalue weighted by molar-refractivity contribution is -0.129. The van der Waals surface area contributed by atoms with Crippen molar-refractivity contribution in [2.45, 2.75) is 19.9 Å². The number of hydrogen-bond acceptors (Lipinski definition) is 4. The number of rotatable bonds is 2. The van der Waals surface area contributed by atoms with Crippen LogP contribution in [0.4, 0.5) is 0 Å². The number of nitrogens with zero attached hydrogens (tertiary/aromatic N) is 1. The fourth-order valence-electron chi connectivity index (χ4n) is 1.38. The van der Waals surface area contributed by atoms with Crippen molar-refractivity contribution in [2.75, 3.05) is 0 Å². The summed E-state index contributed by atoms with van der Waals surface area (Å²) in [6.45, 7) is 3.70. The van der Waals surface area contributed by atoms with Gasteiger partial charge in [0, 0.05) is 0 Å². The van der Waals surface area contributed by atoms with Gasteiger partial charge in [0.05, 0.1) is 0 Å². The molecule has 0 bridgehead atoms. The van der Waals surface area contributed by atoms with E-state index >= 15 is 0 Å². The number of ketones is 1. The largest absolute Gasteiger partial charge is 0.386 e. The van der Waals surface area contributed by atoms with E-state index in [4.69, 9.17) is 11.5 Å². The lowest BCUT2D eigenvalue weighted by atomic mass is 9.94. The molecular weight excluding hydrogens is 170 g/mol. The molecule has 2 atom stereocenters. The molecule has 0 aromatic rings. The van der Waals surface area contributed by atoms with Gasteiger partial charge < -0.3 is 11.5 Å². The quantitative estimate of drug-likeness (QED) is 0.540. The summed E-state index contributed by atoms with van der Waals surface area (Å²) >= 11 is 0. The minimum absolute atomic E-state index is 0.0513. The molecule has 5 nitrogen and oxygen atoms in total. The molecule has 5 heteroatoms. The standard InChI is InChI=1S/C8H13N3O2/c1-3(2)5-6(12)4(8(10)13)7(9)11-5/h3-5H,1-2H3,(H2,9,11)(H2,10,13). The van der Waals surface area contributed by atoms with Crippen LogP contribution in [0.25, 0.3) is 0 Å². The zero-order valence-corrected chi connectivity index (χ0v) is 7.65. The SMILES string of the molecule is CC(C)C1N=C(N)C(C(N)=O)C1=O. The minimum Gasteiger partial charge on any atom is -0.386 e. The molecule has 0 saturated carbocycles. The number of Topliss-reactive ketones (excluding diaryl/α,β-unsaturated/α-hetero) is 1. The molecule has 0 spiro atoms. The fraction of sp³-hybridized carbons (Fsp3) is 0.625.